The third-order valence-corrected chi connectivity index (χ3v) is 3.32. The lowest BCUT2D eigenvalue weighted by Gasteiger charge is -2.19. The molecule has 0 saturated heterocycles. The molecule has 0 amide bonds. The SMILES string of the molecule is CCCCCC(NN)c1cccc(C)c1C. The Morgan fingerprint density at radius 2 is 2.00 bits per heavy atom. The number of aryl methyl sites for hydroxylation is 1. The summed E-state index contributed by atoms with van der Waals surface area (Å²) in [6, 6.07) is 6.74. The van der Waals surface area contributed by atoms with E-state index in [0.29, 0.717) is 6.04 Å². The number of nitrogens with one attached hydrogen (secondary N) is 1. The molecule has 2 heteroatoms. The number of hydrazine groups is 1. The van der Waals surface area contributed by atoms with Gasteiger partial charge in [-0.3, -0.25) is 11.3 Å². The number of nitrogens with two attached hydrogens (primary N) is 1. The largest absolute Gasteiger partial charge is 0.271 e. The molecule has 90 valence electrons. The quantitative estimate of drug-likeness (QED) is 0.438. The molecule has 0 aliphatic rings. The molecule has 1 unspecified atom stereocenters. The first-order chi connectivity index (χ1) is 7.70. The van der Waals surface area contributed by atoms with Crippen molar-refractivity contribution in [2.45, 2.75) is 52.5 Å². The van der Waals surface area contributed by atoms with Gasteiger partial charge in [-0.1, -0.05) is 44.4 Å². The van der Waals surface area contributed by atoms with Crippen LogP contribution in [0, 0.1) is 13.8 Å². The van der Waals surface area contributed by atoms with E-state index in [0.717, 1.165) is 6.42 Å². The van der Waals surface area contributed by atoms with Gasteiger partial charge in [-0.2, -0.15) is 0 Å². The van der Waals surface area contributed by atoms with Gasteiger partial charge >= 0.3 is 0 Å². The molecule has 1 aromatic rings. The first kappa shape index (κ1) is 13.2. The summed E-state index contributed by atoms with van der Waals surface area (Å²) in [7, 11) is 0. The van der Waals surface area contributed by atoms with E-state index < -0.39 is 0 Å². The molecule has 0 fully saturated rings. The van der Waals surface area contributed by atoms with Crippen LogP contribution in [0.2, 0.25) is 0 Å². The molecule has 0 aliphatic heterocycles. The van der Waals surface area contributed by atoms with Crippen molar-refractivity contribution in [3.8, 4) is 0 Å². The third kappa shape index (κ3) is 3.32. The molecule has 1 rings (SSSR count). The Labute approximate surface area is 99.2 Å². The van der Waals surface area contributed by atoms with Crippen LogP contribution in [-0.4, -0.2) is 0 Å². The number of rotatable bonds is 6. The average molecular weight is 220 g/mol. The van der Waals surface area contributed by atoms with Crippen LogP contribution >= 0.6 is 0 Å². The van der Waals surface area contributed by atoms with Gasteiger partial charge in [0.25, 0.3) is 0 Å². The van der Waals surface area contributed by atoms with E-state index in [1.807, 2.05) is 0 Å². The zero-order chi connectivity index (χ0) is 12.0. The van der Waals surface area contributed by atoms with Gasteiger partial charge in [-0.05, 0) is 37.0 Å². The molecule has 1 atom stereocenters. The number of unbranched alkanes of at least 4 members (excludes halogenated alkanes) is 2. The van der Waals surface area contributed by atoms with Gasteiger partial charge in [0, 0.05) is 6.04 Å². The van der Waals surface area contributed by atoms with Crippen molar-refractivity contribution in [2.24, 2.45) is 5.84 Å². The highest BCUT2D eigenvalue weighted by molar-refractivity contribution is 5.35. The summed E-state index contributed by atoms with van der Waals surface area (Å²) >= 11 is 0. The Bertz CT molecular complexity index is 321. The first-order valence-electron chi connectivity index (χ1n) is 6.23. The monoisotopic (exact) mass is 220 g/mol. The fourth-order valence-corrected chi connectivity index (χ4v) is 2.08. The zero-order valence-corrected chi connectivity index (χ0v) is 10.7. The van der Waals surface area contributed by atoms with Gasteiger partial charge in [0.15, 0.2) is 0 Å². The number of hydrogen-bond acceptors (Lipinski definition) is 2. The highest BCUT2D eigenvalue weighted by atomic mass is 15.2. The Morgan fingerprint density at radius 1 is 1.25 bits per heavy atom. The third-order valence-electron chi connectivity index (χ3n) is 3.32. The Kier molecular flexibility index (Phi) is 5.50. The van der Waals surface area contributed by atoms with Gasteiger partial charge in [0.05, 0.1) is 0 Å². The molecule has 0 bridgehead atoms. The predicted octanol–water partition coefficient (Wildman–Crippen LogP) is 3.39. The van der Waals surface area contributed by atoms with Gasteiger partial charge in [-0.15, -0.1) is 0 Å². The van der Waals surface area contributed by atoms with Gasteiger partial charge in [0.2, 0.25) is 0 Å². The van der Waals surface area contributed by atoms with E-state index in [1.54, 1.807) is 0 Å². The van der Waals surface area contributed by atoms with E-state index in [4.69, 9.17) is 5.84 Å². The minimum absolute atomic E-state index is 0.298. The lowest BCUT2D eigenvalue weighted by atomic mass is 9.94. The van der Waals surface area contributed by atoms with Crippen molar-refractivity contribution in [3.63, 3.8) is 0 Å². The summed E-state index contributed by atoms with van der Waals surface area (Å²) in [6.07, 6.45) is 4.89. The lowest BCUT2D eigenvalue weighted by molar-refractivity contribution is 0.485. The second kappa shape index (κ2) is 6.66. The summed E-state index contributed by atoms with van der Waals surface area (Å²) < 4.78 is 0. The van der Waals surface area contributed by atoms with Crippen molar-refractivity contribution >= 4 is 0 Å². The van der Waals surface area contributed by atoms with E-state index in [2.05, 4.69) is 44.4 Å². The Hall–Kier alpha value is -0.860. The molecule has 1 aromatic carbocycles. The fourth-order valence-electron chi connectivity index (χ4n) is 2.08. The molecule has 0 aliphatic carbocycles. The minimum Gasteiger partial charge on any atom is -0.271 e. The lowest BCUT2D eigenvalue weighted by Crippen LogP contribution is -2.28. The van der Waals surface area contributed by atoms with E-state index in [1.165, 1.54) is 36.0 Å². The van der Waals surface area contributed by atoms with Crippen LogP contribution in [0.3, 0.4) is 0 Å². The molecular weight excluding hydrogens is 196 g/mol. The van der Waals surface area contributed by atoms with Crippen LogP contribution in [0.4, 0.5) is 0 Å². The molecule has 0 radical (unpaired) electrons. The van der Waals surface area contributed by atoms with Crippen LogP contribution < -0.4 is 11.3 Å². The summed E-state index contributed by atoms with van der Waals surface area (Å²) in [5, 5.41) is 0. The first-order valence-corrected chi connectivity index (χ1v) is 6.23. The summed E-state index contributed by atoms with van der Waals surface area (Å²) in [6.45, 7) is 6.55. The van der Waals surface area contributed by atoms with Crippen LogP contribution in [0.25, 0.3) is 0 Å². The average Bonchev–Trinajstić information content (AvgIpc) is 2.29. The predicted molar refractivity (Wildman–Crippen MR) is 70.1 cm³/mol. The van der Waals surface area contributed by atoms with Crippen molar-refractivity contribution in [1.29, 1.82) is 0 Å². The number of hydrogen-bond donors (Lipinski definition) is 2. The van der Waals surface area contributed by atoms with Gasteiger partial charge < -0.3 is 0 Å². The highest BCUT2D eigenvalue weighted by Crippen LogP contribution is 2.24. The van der Waals surface area contributed by atoms with Crippen LogP contribution in [0.5, 0.6) is 0 Å². The highest BCUT2D eigenvalue weighted by Gasteiger charge is 2.12. The second-order valence-electron chi connectivity index (χ2n) is 4.50. The molecule has 0 spiro atoms. The molecule has 3 N–H and O–H groups in total. The van der Waals surface area contributed by atoms with Crippen molar-refractivity contribution < 1.29 is 0 Å². The smallest absolute Gasteiger partial charge is 0.0462 e. The summed E-state index contributed by atoms with van der Waals surface area (Å²) in [5.74, 6) is 5.66. The standard InChI is InChI=1S/C14H24N2/c1-4-5-6-10-14(16-15)13-9-7-8-11(2)12(13)3/h7-9,14,16H,4-6,10,15H2,1-3H3. The Balaban J connectivity index is 2.74. The van der Waals surface area contributed by atoms with Crippen molar-refractivity contribution in [2.75, 3.05) is 0 Å². The molecule has 16 heavy (non-hydrogen) atoms. The van der Waals surface area contributed by atoms with Crippen LogP contribution in [-0.2, 0) is 0 Å². The Morgan fingerprint density at radius 3 is 2.62 bits per heavy atom. The topological polar surface area (TPSA) is 38.0 Å². The minimum atomic E-state index is 0.298. The maximum absolute atomic E-state index is 5.66. The molecule has 0 saturated carbocycles. The van der Waals surface area contributed by atoms with E-state index >= 15 is 0 Å². The maximum Gasteiger partial charge on any atom is 0.0462 e. The molecule has 0 aromatic heterocycles. The number of benzene rings is 1. The van der Waals surface area contributed by atoms with Crippen molar-refractivity contribution in [3.05, 3.63) is 34.9 Å². The molecule has 0 heterocycles. The van der Waals surface area contributed by atoms with Crippen LogP contribution in [0.1, 0.15) is 55.3 Å². The van der Waals surface area contributed by atoms with E-state index in [9.17, 15) is 0 Å². The van der Waals surface area contributed by atoms with Crippen molar-refractivity contribution in [1.82, 2.24) is 5.43 Å². The molecular formula is C14H24N2. The van der Waals surface area contributed by atoms with E-state index in [-0.39, 0.29) is 0 Å². The van der Waals surface area contributed by atoms with Crippen LogP contribution in [0.15, 0.2) is 18.2 Å². The maximum atomic E-state index is 5.66. The molecule has 2 nitrogen and oxygen atoms in total. The normalized spacial score (nSPS) is 12.8. The summed E-state index contributed by atoms with van der Waals surface area (Å²) in [4.78, 5) is 0. The summed E-state index contributed by atoms with van der Waals surface area (Å²) in [5.41, 5.74) is 7.00. The zero-order valence-electron chi connectivity index (χ0n) is 10.7. The van der Waals surface area contributed by atoms with Gasteiger partial charge in [-0.25, -0.2) is 0 Å². The van der Waals surface area contributed by atoms with Gasteiger partial charge in [0.1, 0.15) is 0 Å². The fraction of sp³-hybridized carbons (Fsp3) is 0.571. The second-order valence-corrected chi connectivity index (χ2v) is 4.50.